The van der Waals surface area contributed by atoms with E-state index in [1.165, 1.54) is 0 Å². The number of methoxy groups -OCH3 is 1. The van der Waals surface area contributed by atoms with Gasteiger partial charge in [0.15, 0.2) is 0 Å². The summed E-state index contributed by atoms with van der Waals surface area (Å²) in [6, 6.07) is 0. The predicted molar refractivity (Wildman–Crippen MR) is 87.0 cm³/mol. The number of rotatable bonds is 7. The zero-order valence-electron chi connectivity index (χ0n) is 11.5. The van der Waals surface area contributed by atoms with Gasteiger partial charge in [0.1, 0.15) is 0 Å². The molecule has 0 aromatic rings. The van der Waals surface area contributed by atoms with Crippen LogP contribution in [0.3, 0.4) is 0 Å². The smallest absolute Gasteiger partial charge is 0.0752 e. The summed E-state index contributed by atoms with van der Waals surface area (Å²) in [5, 5.41) is 19.2. The lowest BCUT2D eigenvalue weighted by Crippen LogP contribution is -2.19. The summed E-state index contributed by atoms with van der Waals surface area (Å²) in [6.45, 7) is 1.80. The molecule has 112 valence electrons. The lowest BCUT2D eigenvalue weighted by atomic mass is 10.0. The van der Waals surface area contributed by atoms with E-state index >= 15 is 0 Å². The number of halogens is 2. The fourth-order valence-electron chi connectivity index (χ4n) is 2.36. The maximum Gasteiger partial charge on any atom is 0.0752 e. The van der Waals surface area contributed by atoms with E-state index in [2.05, 4.69) is 22.6 Å². The second-order valence-electron chi connectivity index (χ2n) is 5.28. The molecule has 19 heavy (non-hydrogen) atoms. The van der Waals surface area contributed by atoms with Crippen LogP contribution in [-0.4, -0.2) is 44.9 Å². The quantitative estimate of drug-likeness (QED) is 0.391. The first-order chi connectivity index (χ1) is 8.95. The highest BCUT2D eigenvalue weighted by Gasteiger charge is 2.38. The van der Waals surface area contributed by atoms with Gasteiger partial charge in [-0.15, -0.1) is 11.6 Å². The standard InChI is InChI=1S/C14H24ClIO3/c1-9(17)4-3-5-10(19-2)6-7-11-13(18)8-12(15)14(11)16/h6-7,9-14,17-18H,3-5,8H2,1-2H3/b7-6+/t9-,10+,11+,12-,13-,14-/m1/s1. The van der Waals surface area contributed by atoms with Gasteiger partial charge in [0, 0.05) is 22.3 Å². The highest BCUT2D eigenvalue weighted by atomic mass is 127. The minimum Gasteiger partial charge on any atom is -0.393 e. The van der Waals surface area contributed by atoms with Gasteiger partial charge < -0.3 is 14.9 Å². The van der Waals surface area contributed by atoms with Crippen molar-refractivity contribution in [1.29, 1.82) is 0 Å². The highest BCUT2D eigenvalue weighted by molar-refractivity contribution is 14.1. The maximum absolute atomic E-state index is 9.95. The monoisotopic (exact) mass is 402 g/mol. The van der Waals surface area contributed by atoms with E-state index in [-0.39, 0.29) is 33.5 Å². The minimum atomic E-state index is -0.351. The summed E-state index contributed by atoms with van der Waals surface area (Å²) >= 11 is 8.47. The minimum absolute atomic E-state index is 0.0430. The van der Waals surface area contributed by atoms with Gasteiger partial charge in [-0.25, -0.2) is 0 Å². The average molecular weight is 403 g/mol. The van der Waals surface area contributed by atoms with Crippen LogP contribution >= 0.6 is 34.2 Å². The Hall–Kier alpha value is 0.640. The van der Waals surface area contributed by atoms with Crippen molar-refractivity contribution in [2.75, 3.05) is 7.11 Å². The zero-order chi connectivity index (χ0) is 14.4. The summed E-state index contributed by atoms with van der Waals surface area (Å²) in [5.74, 6) is 0.109. The van der Waals surface area contributed by atoms with Gasteiger partial charge in [-0.1, -0.05) is 34.7 Å². The Labute approximate surface area is 134 Å². The molecule has 0 heterocycles. The molecule has 3 nitrogen and oxygen atoms in total. The van der Waals surface area contributed by atoms with Crippen molar-refractivity contribution in [3.05, 3.63) is 12.2 Å². The van der Waals surface area contributed by atoms with Crippen molar-refractivity contribution in [3.63, 3.8) is 0 Å². The second kappa shape index (κ2) is 8.82. The molecule has 0 aromatic carbocycles. The molecule has 2 N–H and O–H groups in total. The van der Waals surface area contributed by atoms with Crippen LogP contribution in [0, 0.1) is 5.92 Å². The molecule has 1 saturated carbocycles. The molecule has 0 unspecified atom stereocenters. The Morgan fingerprint density at radius 1 is 1.47 bits per heavy atom. The highest BCUT2D eigenvalue weighted by Crippen LogP contribution is 2.37. The summed E-state index contributed by atoms with van der Waals surface area (Å²) in [5.41, 5.74) is 0. The molecule has 0 aromatic heterocycles. The fraction of sp³-hybridized carbons (Fsp3) is 0.857. The first-order valence-electron chi connectivity index (χ1n) is 6.81. The van der Waals surface area contributed by atoms with Gasteiger partial charge in [-0.2, -0.15) is 0 Å². The van der Waals surface area contributed by atoms with Crippen molar-refractivity contribution in [3.8, 4) is 0 Å². The predicted octanol–water partition coefficient (Wildman–Crippen LogP) is 2.90. The third-order valence-electron chi connectivity index (χ3n) is 3.59. The summed E-state index contributed by atoms with van der Waals surface area (Å²) < 4.78 is 5.67. The van der Waals surface area contributed by atoms with Gasteiger partial charge in [0.05, 0.1) is 18.3 Å². The van der Waals surface area contributed by atoms with Gasteiger partial charge >= 0.3 is 0 Å². The molecule has 0 amide bonds. The van der Waals surface area contributed by atoms with Crippen LogP contribution in [0.5, 0.6) is 0 Å². The summed E-state index contributed by atoms with van der Waals surface area (Å²) in [6.07, 6.45) is 6.77. The lowest BCUT2D eigenvalue weighted by molar-refractivity contribution is 0.120. The molecule has 0 bridgehead atoms. The molecule has 0 saturated heterocycles. The van der Waals surface area contributed by atoms with Crippen LogP contribution in [0.15, 0.2) is 12.2 Å². The van der Waals surface area contributed by atoms with Crippen LogP contribution in [0.4, 0.5) is 0 Å². The van der Waals surface area contributed by atoms with Gasteiger partial charge in [-0.3, -0.25) is 0 Å². The first kappa shape index (κ1) is 17.7. The van der Waals surface area contributed by atoms with E-state index in [9.17, 15) is 10.2 Å². The van der Waals surface area contributed by atoms with E-state index in [1.54, 1.807) is 14.0 Å². The van der Waals surface area contributed by atoms with Crippen LogP contribution in [0.2, 0.25) is 0 Å². The fourth-order valence-corrected chi connectivity index (χ4v) is 3.73. The number of alkyl halides is 2. The topological polar surface area (TPSA) is 49.7 Å². The molecular formula is C14H24ClIO3. The molecule has 1 aliphatic rings. The van der Waals surface area contributed by atoms with E-state index in [0.717, 1.165) is 19.3 Å². The Kier molecular flexibility index (Phi) is 8.21. The molecule has 6 atom stereocenters. The number of aliphatic hydroxyl groups is 2. The molecule has 5 heteroatoms. The molecule has 1 fully saturated rings. The Balaban J connectivity index is 2.43. The largest absolute Gasteiger partial charge is 0.393 e. The lowest BCUT2D eigenvalue weighted by Gasteiger charge is -2.16. The third kappa shape index (κ3) is 5.87. The van der Waals surface area contributed by atoms with E-state index < -0.39 is 0 Å². The van der Waals surface area contributed by atoms with Gasteiger partial charge in [-0.05, 0) is 32.6 Å². The van der Waals surface area contributed by atoms with Crippen LogP contribution in [-0.2, 0) is 4.74 Å². The normalized spacial score (nSPS) is 34.8. The van der Waals surface area contributed by atoms with Crippen molar-refractivity contribution < 1.29 is 14.9 Å². The van der Waals surface area contributed by atoms with E-state index in [1.807, 2.05) is 12.2 Å². The molecule has 1 rings (SSSR count). The summed E-state index contributed by atoms with van der Waals surface area (Å²) in [7, 11) is 1.69. The third-order valence-corrected chi connectivity index (χ3v) is 6.16. The van der Waals surface area contributed by atoms with Crippen molar-refractivity contribution in [2.24, 2.45) is 5.92 Å². The number of ether oxygens (including phenoxy) is 1. The summed E-state index contributed by atoms with van der Waals surface area (Å²) in [4.78, 5) is 0. The number of hydrogen-bond acceptors (Lipinski definition) is 3. The van der Waals surface area contributed by atoms with Gasteiger partial charge in [0.2, 0.25) is 0 Å². The molecule has 0 radical (unpaired) electrons. The molecule has 0 spiro atoms. The Bertz CT molecular complexity index is 286. The number of aliphatic hydroxyl groups excluding tert-OH is 2. The number of hydrogen-bond donors (Lipinski definition) is 2. The van der Waals surface area contributed by atoms with Crippen molar-refractivity contribution in [2.45, 2.75) is 60.2 Å². The molecule has 0 aliphatic heterocycles. The van der Waals surface area contributed by atoms with E-state index in [4.69, 9.17) is 16.3 Å². The van der Waals surface area contributed by atoms with Gasteiger partial charge in [0.25, 0.3) is 0 Å². The van der Waals surface area contributed by atoms with Crippen LogP contribution < -0.4 is 0 Å². The second-order valence-corrected chi connectivity index (χ2v) is 7.28. The van der Waals surface area contributed by atoms with Crippen molar-refractivity contribution >= 4 is 34.2 Å². The van der Waals surface area contributed by atoms with Crippen molar-refractivity contribution in [1.82, 2.24) is 0 Å². The average Bonchev–Trinajstić information content (AvgIpc) is 2.58. The SMILES string of the molecule is CO[C@H](/C=C/[C@@H]1[C@@H](I)[C@H](Cl)C[C@H]1O)CCC[C@@H](C)O. The first-order valence-corrected chi connectivity index (χ1v) is 8.49. The Morgan fingerprint density at radius 2 is 2.16 bits per heavy atom. The maximum atomic E-state index is 9.95. The molecule has 1 aliphatic carbocycles. The Morgan fingerprint density at radius 3 is 2.63 bits per heavy atom. The zero-order valence-corrected chi connectivity index (χ0v) is 14.4. The van der Waals surface area contributed by atoms with Crippen LogP contribution in [0.25, 0.3) is 0 Å². The van der Waals surface area contributed by atoms with E-state index in [0.29, 0.717) is 6.42 Å². The van der Waals surface area contributed by atoms with Crippen LogP contribution in [0.1, 0.15) is 32.6 Å². The molecular weight excluding hydrogens is 379 g/mol.